The summed E-state index contributed by atoms with van der Waals surface area (Å²) >= 11 is 0. The van der Waals surface area contributed by atoms with Gasteiger partial charge in [0.15, 0.2) is 11.5 Å². The Morgan fingerprint density at radius 1 is 1.12 bits per heavy atom. The number of carbonyl (C=O) groups excluding carboxylic acids is 1. The zero-order chi connectivity index (χ0) is 18.6. The van der Waals surface area contributed by atoms with Crippen LogP contribution < -0.4 is 14.8 Å². The van der Waals surface area contributed by atoms with Gasteiger partial charge in [-0.1, -0.05) is 24.3 Å². The Morgan fingerprint density at radius 3 is 2.58 bits per heavy atom. The number of sulfonamides is 1. The second-order valence-electron chi connectivity index (χ2n) is 5.91. The summed E-state index contributed by atoms with van der Waals surface area (Å²) in [4.78, 5) is 12.1. The molecule has 0 atom stereocenters. The maximum Gasteiger partial charge on any atom is 0.251 e. The molecule has 2 aromatic rings. The maximum atomic E-state index is 12.1. The van der Waals surface area contributed by atoms with Crippen LogP contribution in [0.4, 0.5) is 0 Å². The fourth-order valence-electron chi connectivity index (χ4n) is 2.59. The molecule has 1 aliphatic rings. The summed E-state index contributed by atoms with van der Waals surface area (Å²) in [6.45, 7) is 0.744. The first-order valence-electron chi connectivity index (χ1n) is 8.10. The third-order valence-corrected chi connectivity index (χ3v) is 5.20. The molecule has 1 heterocycles. The normalized spacial score (nSPS) is 13.0. The highest BCUT2D eigenvalue weighted by atomic mass is 32.2. The number of benzene rings is 2. The lowest BCUT2D eigenvalue weighted by atomic mass is 10.2. The molecule has 8 heteroatoms. The van der Waals surface area contributed by atoms with E-state index in [1.807, 2.05) is 6.07 Å². The summed E-state index contributed by atoms with van der Waals surface area (Å²) < 4.78 is 36.0. The first kappa shape index (κ1) is 18.2. The van der Waals surface area contributed by atoms with Gasteiger partial charge >= 0.3 is 0 Å². The van der Waals surface area contributed by atoms with Crippen molar-refractivity contribution in [1.29, 1.82) is 0 Å². The predicted octanol–water partition coefficient (Wildman–Crippen LogP) is 1.61. The number of amides is 1. The van der Waals surface area contributed by atoms with E-state index < -0.39 is 10.0 Å². The number of hydrogen-bond acceptors (Lipinski definition) is 5. The summed E-state index contributed by atoms with van der Waals surface area (Å²) in [5.41, 5.74) is 1.32. The number of nitrogens with zero attached hydrogens (tertiary/aromatic N) is 1. The van der Waals surface area contributed by atoms with Gasteiger partial charge in [-0.2, -0.15) is 4.31 Å². The average molecular weight is 376 g/mol. The number of rotatable bonds is 7. The Labute approximate surface area is 152 Å². The summed E-state index contributed by atoms with van der Waals surface area (Å²) in [5, 5.41) is 2.74. The summed E-state index contributed by atoms with van der Waals surface area (Å²) in [6.07, 6.45) is 1.15. The predicted molar refractivity (Wildman–Crippen MR) is 96.6 cm³/mol. The van der Waals surface area contributed by atoms with Crippen molar-refractivity contribution in [3.8, 4) is 11.5 Å². The van der Waals surface area contributed by atoms with E-state index in [0.717, 1.165) is 11.8 Å². The number of nitrogens with one attached hydrogen (secondary N) is 1. The number of hydrogen-bond donors (Lipinski definition) is 1. The Kier molecular flexibility index (Phi) is 5.43. The van der Waals surface area contributed by atoms with Gasteiger partial charge in [0.2, 0.25) is 16.8 Å². The third kappa shape index (κ3) is 4.53. The fraction of sp³-hybridized carbons (Fsp3) is 0.278. The first-order valence-corrected chi connectivity index (χ1v) is 9.95. The zero-order valence-corrected chi connectivity index (χ0v) is 15.2. The standard InChI is InChI=1S/C18H20N2O5S/c1-26(22,23)20(10-9-19-18(21)15-5-3-2-4-6-15)12-14-7-8-16-17(11-14)25-13-24-16/h2-8,11H,9-10,12-13H2,1H3,(H,19,21). The van der Waals surface area contributed by atoms with Crippen LogP contribution in [0.3, 0.4) is 0 Å². The molecular weight excluding hydrogens is 356 g/mol. The van der Waals surface area contributed by atoms with E-state index in [-0.39, 0.29) is 32.3 Å². The summed E-state index contributed by atoms with van der Waals surface area (Å²) in [6, 6.07) is 14.1. The molecule has 0 spiro atoms. The molecule has 0 radical (unpaired) electrons. The minimum atomic E-state index is -3.43. The van der Waals surface area contributed by atoms with Gasteiger partial charge in [0, 0.05) is 25.2 Å². The van der Waals surface area contributed by atoms with E-state index in [1.165, 1.54) is 4.31 Å². The molecule has 0 bridgehead atoms. The minimum Gasteiger partial charge on any atom is -0.454 e. The lowest BCUT2D eigenvalue weighted by Crippen LogP contribution is -2.37. The van der Waals surface area contributed by atoms with E-state index in [2.05, 4.69) is 5.32 Å². The lowest BCUT2D eigenvalue weighted by Gasteiger charge is -2.20. The van der Waals surface area contributed by atoms with E-state index in [0.29, 0.717) is 17.1 Å². The Morgan fingerprint density at radius 2 is 1.85 bits per heavy atom. The Hall–Kier alpha value is -2.58. The van der Waals surface area contributed by atoms with E-state index in [4.69, 9.17) is 9.47 Å². The molecule has 0 unspecified atom stereocenters. The van der Waals surface area contributed by atoms with Gasteiger partial charge in [-0.3, -0.25) is 4.79 Å². The van der Waals surface area contributed by atoms with Crippen molar-refractivity contribution < 1.29 is 22.7 Å². The molecule has 26 heavy (non-hydrogen) atoms. The molecule has 1 N–H and O–H groups in total. The minimum absolute atomic E-state index is 0.167. The quantitative estimate of drug-likeness (QED) is 0.794. The highest BCUT2D eigenvalue weighted by Gasteiger charge is 2.19. The van der Waals surface area contributed by atoms with Crippen LogP contribution in [0, 0.1) is 0 Å². The van der Waals surface area contributed by atoms with Gasteiger partial charge in [0.25, 0.3) is 5.91 Å². The second kappa shape index (κ2) is 7.76. The molecule has 1 amide bonds. The highest BCUT2D eigenvalue weighted by molar-refractivity contribution is 7.88. The molecule has 0 aromatic heterocycles. The molecule has 0 saturated carbocycles. The number of fused-ring (bicyclic) bond motifs is 1. The van der Waals surface area contributed by atoms with Crippen molar-refractivity contribution in [3.63, 3.8) is 0 Å². The van der Waals surface area contributed by atoms with Crippen molar-refractivity contribution in [2.24, 2.45) is 0 Å². The molecule has 138 valence electrons. The van der Waals surface area contributed by atoms with Crippen LogP contribution in [0.25, 0.3) is 0 Å². The fourth-order valence-corrected chi connectivity index (χ4v) is 3.40. The molecule has 3 rings (SSSR count). The van der Waals surface area contributed by atoms with Gasteiger partial charge in [0.05, 0.1) is 6.26 Å². The van der Waals surface area contributed by atoms with Crippen molar-refractivity contribution in [3.05, 3.63) is 59.7 Å². The van der Waals surface area contributed by atoms with Gasteiger partial charge < -0.3 is 14.8 Å². The van der Waals surface area contributed by atoms with Crippen molar-refractivity contribution in [2.75, 3.05) is 26.1 Å². The van der Waals surface area contributed by atoms with Crippen LogP contribution in [-0.4, -0.2) is 44.8 Å². The van der Waals surface area contributed by atoms with Crippen LogP contribution >= 0.6 is 0 Å². The largest absolute Gasteiger partial charge is 0.454 e. The third-order valence-electron chi connectivity index (χ3n) is 3.95. The van der Waals surface area contributed by atoms with Crippen LogP contribution in [0.15, 0.2) is 48.5 Å². The number of ether oxygens (including phenoxy) is 2. The van der Waals surface area contributed by atoms with Crippen molar-refractivity contribution in [2.45, 2.75) is 6.54 Å². The molecule has 1 aliphatic heterocycles. The van der Waals surface area contributed by atoms with Gasteiger partial charge in [-0.25, -0.2) is 8.42 Å². The second-order valence-corrected chi connectivity index (χ2v) is 7.89. The zero-order valence-electron chi connectivity index (χ0n) is 14.3. The monoisotopic (exact) mass is 376 g/mol. The van der Waals surface area contributed by atoms with E-state index >= 15 is 0 Å². The molecule has 7 nitrogen and oxygen atoms in total. The molecule has 0 saturated heterocycles. The van der Waals surface area contributed by atoms with Gasteiger partial charge in [-0.05, 0) is 29.8 Å². The van der Waals surface area contributed by atoms with Crippen LogP contribution in [0.1, 0.15) is 15.9 Å². The van der Waals surface area contributed by atoms with E-state index in [1.54, 1.807) is 42.5 Å². The molecule has 2 aromatic carbocycles. The SMILES string of the molecule is CS(=O)(=O)N(CCNC(=O)c1ccccc1)Cc1ccc2c(c1)OCO2. The van der Waals surface area contributed by atoms with Crippen molar-refractivity contribution >= 4 is 15.9 Å². The topological polar surface area (TPSA) is 84.9 Å². The Bertz CT molecular complexity index is 884. The van der Waals surface area contributed by atoms with Gasteiger partial charge in [-0.15, -0.1) is 0 Å². The molecule has 0 fully saturated rings. The van der Waals surface area contributed by atoms with Crippen LogP contribution in [0.5, 0.6) is 11.5 Å². The maximum absolute atomic E-state index is 12.1. The summed E-state index contributed by atoms with van der Waals surface area (Å²) in [7, 11) is -3.43. The first-order chi connectivity index (χ1) is 12.4. The van der Waals surface area contributed by atoms with Crippen LogP contribution in [0.2, 0.25) is 0 Å². The smallest absolute Gasteiger partial charge is 0.251 e. The molecular formula is C18H20N2O5S. The van der Waals surface area contributed by atoms with Gasteiger partial charge in [0.1, 0.15) is 0 Å². The Balaban J connectivity index is 1.61. The average Bonchev–Trinajstić information content (AvgIpc) is 3.08. The van der Waals surface area contributed by atoms with Crippen molar-refractivity contribution in [1.82, 2.24) is 9.62 Å². The molecule has 0 aliphatic carbocycles. The van der Waals surface area contributed by atoms with E-state index in [9.17, 15) is 13.2 Å². The number of carbonyl (C=O) groups is 1. The summed E-state index contributed by atoms with van der Waals surface area (Å²) in [5.74, 6) is 1.02. The van der Waals surface area contributed by atoms with Crippen LogP contribution in [-0.2, 0) is 16.6 Å². The highest BCUT2D eigenvalue weighted by Crippen LogP contribution is 2.32. The lowest BCUT2D eigenvalue weighted by molar-refractivity contribution is 0.0951.